The van der Waals surface area contributed by atoms with Crippen molar-refractivity contribution in [2.45, 2.75) is 50.9 Å². The van der Waals surface area contributed by atoms with Crippen molar-refractivity contribution < 1.29 is 9.90 Å². The Morgan fingerprint density at radius 3 is 2.12 bits per heavy atom. The molecule has 1 aromatic heterocycles. The first kappa shape index (κ1) is 26.8. The standard InChI is InChI=1S/C34H36N4O3/c39-33-35-31-20-27-14-7-8-15-28(27)21-32(31)38(33)30-17-19-37(34(40)41)29(22-30)16-9-18-36(23-25-10-3-1-4-11-25)24-26-12-5-2-6-13-26/h1-8,10-15,20-21,29-30H,9,16-19,22-24H2,(H,35,39)(H,40,41)/t29-,30?/m0/s1. The van der Waals surface area contributed by atoms with Crippen molar-refractivity contribution in [3.63, 3.8) is 0 Å². The summed E-state index contributed by atoms with van der Waals surface area (Å²) in [5.74, 6) is 0. The molecule has 5 aromatic rings. The van der Waals surface area contributed by atoms with E-state index in [0.29, 0.717) is 19.4 Å². The van der Waals surface area contributed by atoms with Crippen LogP contribution in [0.2, 0.25) is 0 Å². The summed E-state index contributed by atoms with van der Waals surface area (Å²) in [5, 5.41) is 12.2. The molecule has 210 valence electrons. The monoisotopic (exact) mass is 548 g/mol. The normalized spacial score (nSPS) is 17.4. The maximum absolute atomic E-state index is 13.2. The van der Waals surface area contributed by atoms with E-state index in [1.165, 1.54) is 11.1 Å². The van der Waals surface area contributed by atoms with Crippen LogP contribution in [0.4, 0.5) is 4.79 Å². The Balaban J connectivity index is 1.19. The van der Waals surface area contributed by atoms with Gasteiger partial charge in [0.25, 0.3) is 0 Å². The fraction of sp³-hybridized carbons (Fsp3) is 0.294. The molecule has 7 nitrogen and oxygen atoms in total. The topological polar surface area (TPSA) is 81.6 Å². The van der Waals surface area contributed by atoms with Crippen LogP contribution in [0.5, 0.6) is 0 Å². The third-order valence-electron chi connectivity index (χ3n) is 8.39. The Bertz CT molecular complexity index is 1640. The highest BCUT2D eigenvalue weighted by Crippen LogP contribution is 2.32. The van der Waals surface area contributed by atoms with Crippen LogP contribution < -0.4 is 5.69 Å². The maximum Gasteiger partial charge on any atom is 0.407 e. The first-order valence-corrected chi connectivity index (χ1v) is 14.5. The summed E-state index contributed by atoms with van der Waals surface area (Å²) in [7, 11) is 0. The van der Waals surface area contributed by atoms with E-state index < -0.39 is 6.09 Å². The van der Waals surface area contributed by atoms with Crippen LogP contribution in [0.3, 0.4) is 0 Å². The summed E-state index contributed by atoms with van der Waals surface area (Å²) < 4.78 is 1.87. The molecule has 2 heterocycles. The Labute approximate surface area is 239 Å². The number of fused-ring (bicyclic) bond motifs is 2. The summed E-state index contributed by atoms with van der Waals surface area (Å²) in [6, 6.07) is 33.0. The quantitative estimate of drug-likeness (QED) is 0.216. The lowest BCUT2D eigenvalue weighted by atomic mass is 9.93. The molecule has 2 N–H and O–H groups in total. The number of aromatic amines is 1. The van der Waals surface area contributed by atoms with E-state index in [9.17, 15) is 14.7 Å². The van der Waals surface area contributed by atoms with Crippen LogP contribution in [-0.2, 0) is 13.1 Å². The molecule has 0 bridgehead atoms. The fourth-order valence-corrected chi connectivity index (χ4v) is 6.41. The van der Waals surface area contributed by atoms with E-state index in [0.717, 1.165) is 54.3 Å². The second-order valence-electron chi connectivity index (χ2n) is 11.1. The molecule has 1 aliphatic heterocycles. The second kappa shape index (κ2) is 12.0. The zero-order chi connectivity index (χ0) is 28.2. The van der Waals surface area contributed by atoms with Gasteiger partial charge in [0.15, 0.2) is 0 Å². The smallest absolute Gasteiger partial charge is 0.407 e. The van der Waals surface area contributed by atoms with Gasteiger partial charge in [-0.3, -0.25) is 9.47 Å². The Kier molecular flexibility index (Phi) is 7.87. The van der Waals surface area contributed by atoms with Crippen molar-refractivity contribution >= 4 is 27.9 Å². The van der Waals surface area contributed by atoms with Crippen molar-refractivity contribution in [1.82, 2.24) is 19.4 Å². The third-order valence-corrected chi connectivity index (χ3v) is 8.39. The van der Waals surface area contributed by atoms with E-state index in [2.05, 4.69) is 70.5 Å². The van der Waals surface area contributed by atoms with Crippen LogP contribution in [-0.4, -0.2) is 49.7 Å². The molecule has 0 saturated carbocycles. The van der Waals surface area contributed by atoms with Gasteiger partial charge < -0.3 is 15.0 Å². The van der Waals surface area contributed by atoms with Crippen molar-refractivity contribution in [3.05, 3.63) is 119 Å². The molecule has 6 rings (SSSR count). The number of benzene rings is 4. The molecule has 1 unspecified atom stereocenters. The van der Waals surface area contributed by atoms with Gasteiger partial charge in [-0.15, -0.1) is 0 Å². The lowest BCUT2D eigenvalue weighted by Gasteiger charge is -2.38. The average Bonchev–Trinajstić information content (AvgIpc) is 3.31. The molecule has 2 atom stereocenters. The van der Waals surface area contributed by atoms with Crippen LogP contribution in [0.1, 0.15) is 42.9 Å². The molecule has 7 heteroatoms. The van der Waals surface area contributed by atoms with Crippen LogP contribution >= 0.6 is 0 Å². The predicted molar refractivity (Wildman–Crippen MR) is 163 cm³/mol. The van der Waals surface area contributed by atoms with Gasteiger partial charge in [-0.2, -0.15) is 0 Å². The number of nitrogens with one attached hydrogen (secondary N) is 1. The molecular weight excluding hydrogens is 512 g/mol. The summed E-state index contributed by atoms with van der Waals surface area (Å²) in [5.41, 5.74) is 4.11. The molecule has 1 aliphatic rings. The number of H-pyrrole nitrogens is 1. The minimum absolute atomic E-state index is 0.0530. The van der Waals surface area contributed by atoms with Crippen molar-refractivity contribution in [2.75, 3.05) is 13.1 Å². The Morgan fingerprint density at radius 1 is 0.878 bits per heavy atom. The summed E-state index contributed by atoms with van der Waals surface area (Å²) in [4.78, 5) is 32.4. The highest BCUT2D eigenvalue weighted by molar-refractivity contribution is 5.95. The predicted octanol–water partition coefficient (Wildman–Crippen LogP) is 6.65. The number of likely N-dealkylation sites (tertiary alicyclic amines) is 1. The Hall–Kier alpha value is -4.36. The maximum atomic E-state index is 13.2. The van der Waals surface area contributed by atoms with Crippen molar-refractivity contribution in [3.8, 4) is 0 Å². The van der Waals surface area contributed by atoms with E-state index in [-0.39, 0.29) is 17.8 Å². The summed E-state index contributed by atoms with van der Waals surface area (Å²) in [6.07, 6.45) is 1.99. The molecule has 4 aromatic carbocycles. The van der Waals surface area contributed by atoms with Gasteiger partial charge >= 0.3 is 11.8 Å². The van der Waals surface area contributed by atoms with E-state index in [1.54, 1.807) is 4.90 Å². The minimum atomic E-state index is -0.879. The first-order chi connectivity index (χ1) is 20.0. The minimum Gasteiger partial charge on any atom is -0.465 e. The molecule has 0 spiro atoms. The number of piperidine rings is 1. The van der Waals surface area contributed by atoms with Crippen molar-refractivity contribution in [1.29, 1.82) is 0 Å². The molecule has 1 fully saturated rings. The van der Waals surface area contributed by atoms with Crippen molar-refractivity contribution in [2.24, 2.45) is 0 Å². The highest BCUT2D eigenvalue weighted by Gasteiger charge is 2.33. The van der Waals surface area contributed by atoms with E-state index >= 15 is 0 Å². The number of rotatable bonds is 9. The van der Waals surface area contributed by atoms with Gasteiger partial charge in [-0.05, 0) is 66.3 Å². The number of amides is 1. The number of imidazole rings is 1. The molecule has 41 heavy (non-hydrogen) atoms. The second-order valence-corrected chi connectivity index (χ2v) is 11.1. The van der Waals surface area contributed by atoms with E-state index in [1.807, 2.05) is 41.0 Å². The fourth-order valence-electron chi connectivity index (χ4n) is 6.41. The lowest BCUT2D eigenvalue weighted by molar-refractivity contribution is 0.0853. The largest absolute Gasteiger partial charge is 0.465 e. The highest BCUT2D eigenvalue weighted by atomic mass is 16.4. The van der Waals surface area contributed by atoms with Gasteiger partial charge in [0.1, 0.15) is 0 Å². The number of hydrogen-bond acceptors (Lipinski definition) is 3. The molecular formula is C34H36N4O3. The van der Waals surface area contributed by atoms with Gasteiger partial charge in [0, 0.05) is 31.7 Å². The number of nitrogens with zero attached hydrogens (tertiary/aromatic N) is 3. The summed E-state index contributed by atoms with van der Waals surface area (Å²) in [6.45, 7) is 2.96. The molecule has 0 aliphatic carbocycles. The van der Waals surface area contributed by atoms with Gasteiger partial charge in [-0.25, -0.2) is 9.59 Å². The number of hydrogen-bond donors (Lipinski definition) is 2. The van der Waals surface area contributed by atoms with Gasteiger partial charge in [-0.1, -0.05) is 84.9 Å². The van der Waals surface area contributed by atoms with Crippen LogP contribution in [0.25, 0.3) is 21.8 Å². The molecule has 1 saturated heterocycles. The van der Waals surface area contributed by atoms with Gasteiger partial charge in [0.05, 0.1) is 11.0 Å². The summed E-state index contributed by atoms with van der Waals surface area (Å²) >= 11 is 0. The van der Waals surface area contributed by atoms with Crippen LogP contribution in [0.15, 0.2) is 102 Å². The van der Waals surface area contributed by atoms with E-state index in [4.69, 9.17) is 0 Å². The number of carboxylic acid groups (broad SMARTS) is 1. The molecule has 0 radical (unpaired) electrons. The molecule has 1 amide bonds. The van der Waals surface area contributed by atoms with Crippen LogP contribution in [0, 0.1) is 0 Å². The lowest BCUT2D eigenvalue weighted by Crippen LogP contribution is -2.47. The first-order valence-electron chi connectivity index (χ1n) is 14.5. The number of aromatic nitrogens is 2. The zero-order valence-corrected chi connectivity index (χ0v) is 23.2. The average molecular weight is 549 g/mol. The zero-order valence-electron chi connectivity index (χ0n) is 23.2. The SMILES string of the molecule is O=C(O)N1CCC(n2c(=O)[nH]c3cc4ccccc4cc32)C[C@@H]1CCCN(Cc1ccccc1)Cc1ccccc1. The Morgan fingerprint density at radius 2 is 1.49 bits per heavy atom. The number of carbonyl (C=O) groups is 1. The van der Waals surface area contributed by atoms with Gasteiger partial charge in [0.2, 0.25) is 0 Å². The third kappa shape index (κ3) is 6.05.